The molecule has 0 bridgehead atoms. The van der Waals surface area contributed by atoms with Crippen molar-refractivity contribution in [2.45, 2.75) is 19.3 Å². The van der Waals surface area contributed by atoms with Crippen LogP contribution in [0.4, 0.5) is 0 Å². The van der Waals surface area contributed by atoms with E-state index in [4.69, 9.17) is 0 Å². The van der Waals surface area contributed by atoms with E-state index in [1.54, 1.807) is 0 Å². The first-order valence-electron chi connectivity index (χ1n) is 4.60. The first-order valence-corrected chi connectivity index (χ1v) is 4.60. The van der Waals surface area contributed by atoms with Crippen LogP contribution in [-0.4, -0.2) is 29.6 Å². The molecule has 1 aliphatic carbocycles. The minimum absolute atomic E-state index is 0.0486. The van der Waals surface area contributed by atoms with E-state index in [-0.39, 0.29) is 11.6 Å². The number of hydrogen-bond acceptors (Lipinski definition) is 3. The second-order valence-corrected chi connectivity index (χ2v) is 3.96. The Labute approximate surface area is 71.7 Å². The third-order valence-electron chi connectivity index (χ3n) is 3.12. The highest BCUT2D eigenvalue weighted by Crippen LogP contribution is 2.37. The molecule has 1 heterocycles. The van der Waals surface area contributed by atoms with Crippen LogP contribution in [0.5, 0.6) is 0 Å². The van der Waals surface area contributed by atoms with E-state index >= 15 is 0 Å². The molecule has 0 aromatic heterocycles. The Morgan fingerprint density at radius 1 is 1.33 bits per heavy atom. The summed E-state index contributed by atoms with van der Waals surface area (Å²) >= 11 is 0. The maximum Gasteiger partial charge on any atom is 0.259 e. The van der Waals surface area contributed by atoms with Crippen LogP contribution in [0.3, 0.4) is 0 Å². The van der Waals surface area contributed by atoms with Crippen LogP contribution in [0.25, 0.3) is 0 Å². The second kappa shape index (κ2) is 3.01. The average molecular weight is 170 g/mol. The molecular formula is C8H14N2O2. The van der Waals surface area contributed by atoms with Gasteiger partial charge < -0.3 is 0 Å². The highest BCUT2D eigenvalue weighted by molar-refractivity contribution is 4.87. The van der Waals surface area contributed by atoms with E-state index in [0.29, 0.717) is 0 Å². The second-order valence-electron chi connectivity index (χ2n) is 3.96. The van der Waals surface area contributed by atoms with Gasteiger partial charge in [-0.3, -0.25) is 10.1 Å². The molecule has 2 atom stereocenters. The molecule has 2 fully saturated rings. The summed E-state index contributed by atoms with van der Waals surface area (Å²) in [7, 11) is 0. The van der Waals surface area contributed by atoms with Crippen molar-refractivity contribution in [2.24, 2.45) is 11.8 Å². The topological polar surface area (TPSA) is 46.4 Å². The molecule has 1 saturated heterocycles. The van der Waals surface area contributed by atoms with Crippen LogP contribution in [0.2, 0.25) is 0 Å². The lowest BCUT2D eigenvalue weighted by atomic mass is 10.0. The lowest BCUT2D eigenvalue weighted by Crippen LogP contribution is -2.27. The zero-order valence-electron chi connectivity index (χ0n) is 7.11. The fourth-order valence-corrected chi connectivity index (χ4v) is 2.61. The maximum absolute atomic E-state index is 10.2. The molecule has 2 aliphatic rings. The molecule has 4 nitrogen and oxygen atoms in total. The number of likely N-dealkylation sites (tertiary alicyclic amines) is 1. The Kier molecular flexibility index (Phi) is 2.00. The molecule has 0 spiro atoms. The average Bonchev–Trinajstić information content (AvgIpc) is 2.43. The summed E-state index contributed by atoms with van der Waals surface area (Å²) in [5, 5.41) is 10.2. The Hall–Kier alpha value is -0.640. The van der Waals surface area contributed by atoms with Crippen molar-refractivity contribution >= 4 is 0 Å². The van der Waals surface area contributed by atoms with Crippen molar-refractivity contribution in [3.63, 3.8) is 0 Å². The summed E-state index contributed by atoms with van der Waals surface area (Å²) in [6.45, 7) is 1.98. The molecule has 0 amide bonds. The molecular weight excluding hydrogens is 156 g/mol. The van der Waals surface area contributed by atoms with Crippen LogP contribution in [0, 0.1) is 22.0 Å². The van der Waals surface area contributed by atoms with E-state index in [1.165, 1.54) is 19.3 Å². The van der Waals surface area contributed by atoms with Gasteiger partial charge in [-0.05, 0) is 24.7 Å². The number of nitro groups is 1. The predicted octanol–water partition coefficient (Wildman–Crippen LogP) is 0.952. The zero-order valence-corrected chi connectivity index (χ0v) is 7.11. The van der Waals surface area contributed by atoms with E-state index in [2.05, 4.69) is 0 Å². The largest absolute Gasteiger partial charge is 0.263 e. The molecule has 0 radical (unpaired) electrons. The van der Waals surface area contributed by atoms with Gasteiger partial charge in [-0.2, -0.15) is 0 Å². The fraction of sp³-hybridized carbons (Fsp3) is 1.00. The Morgan fingerprint density at radius 3 is 2.42 bits per heavy atom. The van der Waals surface area contributed by atoms with Crippen molar-refractivity contribution in [3.05, 3.63) is 10.1 Å². The lowest BCUT2D eigenvalue weighted by Gasteiger charge is -2.09. The van der Waals surface area contributed by atoms with Gasteiger partial charge >= 0.3 is 0 Å². The standard InChI is InChI=1S/C8H14N2O2/c11-10(12)6-9-4-7-2-1-3-8(7)5-9/h7-8H,1-6H2. The molecule has 2 unspecified atom stereocenters. The van der Waals surface area contributed by atoms with Crippen molar-refractivity contribution in [1.82, 2.24) is 4.90 Å². The SMILES string of the molecule is O=[N+]([O-])CN1CC2CCCC2C1. The van der Waals surface area contributed by atoms with Crippen molar-refractivity contribution < 1.29 is 4.92 Å². The van der Waals surface area contributed by atoms with Gasteiger partial charge in [0.2, 0.25) is 0 Å². The monoisotopic (exact) mass is 170 g/mol. The van der Waals surface area contributed by atoms with Gasteiger partial charge in [-0.1, -0.05) is 6.42 Å². The first kappa shape index (κ1) is 7.98. The van der Waals surface area contributed by atoms with Gasteiger partial charge in [0.1, 0.15) is 0 Å². The maximum atomic E-state index is 10.2. The third-order valence-corrected chi connectivity index (χ3v) is 3.12. The summed E-state index contributed by atoms with van der Waals surface area (Å²) < 4.78 is 0. The van der Waals surface area contributed by atoms with E-state index in [1.807, 2.05) is 4.90 Å². The molecule has 0 aromatic rings. The van der Waals surface area contributed by atoms with Gasteiger partial charge in [0.05, 0.1) is 0 Å². The number of fused-ring (bicyclic) bond motifs is 1. The lowest BCUT2D eigenvalue weighted by molar-refractivity contribution is -0.503. The van der Waals surface area contributed by atoms with Gasteiger partial charge in [0, 0.05) is 18.0 Å². The summed E-state index contributed by atoms with van der Waals surface area (Å²) in [5.41, 5.74) is 0. The molecule has 2 rings (SSSR count). The smallest absolute Gasteiger partial charge is 0.259 e. The molecule has 1 saturated carbocycles. The molecule has 0 N–H and O–H groups in total. The number of rotatable bonds is 2. The highest BCUT2D eigenvalue weighted by Gasteiger charge is 2.37. The van der Waals surface area contributed by atoms with Gasteiger partial charge in [-0.15, -0.1) is 0 Å². The molecule has 4 heteroatoms. The minimum Gasteiger partial charge on any atom is -0.263 e. The Balaban J connectivity index is 1.86. The van der Waals surface area contributed by atoms with Crippen molar-refractivity contribution in [1.29, 1.82) is 0 Å². The van der Waals surface area contributed by atoms with Crippen LogP contribution >= 0.6 is 0 Å². The minimum atomic E-state index is -0.221. The van der Waals surface area contributed by atoms with Crippen molar-refractivity contribution in [3.8, 4) is 0 Å². The summed E-state index contributed by atoms with van der Waals surface area (Å²) in [6.07, 6.45) is 3.92. The number of nitrogens with zero attached hydrogens (tertiary/aromatic N) is 2. The fourth-order valence-electron chi connectivity index (χ4n) is 2.61. The van der Waals surface area contributed by atoms with Gasteiger partial charge in [0.15, 0.2) is 0 Å². The zero-order chi connectivity index (χ0) is 8.55. The Bertz CT molecular complexity index is 183. The quantitative estimate of drug-likeness (QED) is 0.458. The molecule has 12 heavy (non-hydrogen) atoms. The van der Waals surface area contributed by atoms with Crippen LogP contribution in [0.15, 0.2) is 0 Å². The third kappa shape index (κ3) is 1.43. The highest BCUT2D eigenvalue weighted by atomic mass is 16.6. The van der Waals surface area contributed by atoms with Crippen LogP contribution in [-0.2, 0) is 0 Å². The number of hydrogen-bond donors (Lipinski definition) is 0. The van der Waals surface area contributed by atoms with Crippen molar-refractivity contribution in [2.75, 3.05) is 19.8 Å². The summed E-state index contributed by atoms with van der Waals surface area (Å²) in [4.78, 5) is 12.0. The van der Waals surface area contributed by atoms with E-state index in [9.17, 15) is 10.1 Å². The van der Waals surface area contributed by atoms with Crippen LogP contribution in [0.1, 0.15) is 19.3 Å². The summed E-state index contributed by atoms with van der Waals surface area (Å²) in [5.74, 6) is 1.54. The Morgan fingerprint density at radius 2 is 1.92 bits per heavy atom. The van der Waals surface area contributed by atoms with Gasteiger partial charge in [-0.25, -0.2) is 4.90 Å². The molecule has 0 aromatic carbocycles. The summed E-state index contributed by atoms with van der Waals surface area (Å²) in [6, 6.07) is 0. The van der Waals surface area contributed by atoms with E-state index in [0.717, 1.165) is 24.9 Å². The van der Waals surface area contributed by atoms with Gasteiger partial charge in [0.25, 0.3) is 6.67 Å². The predicted molar refractivity (Wildman–Crippen MR) is 44.3 cm³/mol. The normalized spacial score (nSPS) is 35.3. The molecule has 68 valence electrons. The van der Waals surface area contributed by atoms with E-state index < -0.39 is 0 Å². The van der Waals surface area contributed by atoms with Crippen LogP contribution < -0.4 is 0 Å². The first-order chi connectivity index (χ1) is 5.75. The molecule has 1 aliphatic heterocycles.